The average Bonchev–Trinajstić information content (AvgIpc) is 3.62. The lowest BCUT2D eigenvalue weighted by atomic mass is 10.1. The second kappa shape index (κ2) is 9.85. The number of aromatic nitrogens is 3. The molecule has 0 saturated heterocycles. The molecule has 1 atom stereocenters. The highest BCUT2D eigenvalue weighted by atomic mass is 32.1. The Morgan fingerprint density at radius 3 is 2.59 bits per heavy atom. The summed E-state index contributed by atoms with van der Waals surface area (Å²) in [6, 6.07) is 17.3. The van der Waals surface area contributed by atoms with Crippen molar-refractivity contribution in [3.8, 4) is 33.3 Å². The van der Waals surface area contributed by atoms with E-state index in [9.17, 15) is 18.0 Å². The molecule has 190 valence electrons. The molecule has 0 spiro atoms. The lowest BCUT2D eigenvalue weighted by Gasteiger charge is -2.17. The van der Waals surface area contributed by atoms with Crippen molar-refractivity contribution in [1.82, 2.24) is 14.7 Å². The second-order valence-electron chi connectivity index (χ2n) is 8.60. The Kier molecular flexibility index (Phi) is 6.59. The highest BCUT2D eigenvalue weighted by Gasteiger charge is 2.37. The van der Waals surface area contributed by atoms with Crippen LogP contribution < -0.4 is 0 Å². The monoisotopic (exact) mass is 525 g/mol. The molecule has 5 rings (SSSR count). The lowest BCUT2D eigenvalue weighted by Crippen LogP contribution is -2.09. The standard InChI is InChI=1S/C27H22F3N3O3S/c1-2-17(11-12-23(34)35)33-14-13-18-19(9-6-10-21(18)33)25-31-26(36-32-25)22-15-20(16-7-4-3-5-8-16)24(37-22)27(28,29)30/h3-10,13-15,17H,2,11-12H2,1H3,(H,34,35). The number of fused-ring (bicyclic) bond motifs is 1. The van der Waals surface area contributed by atoms with Crippen LogP contribution in [0.5, 0.6) is 0 Å². The summed E-state index contributed by atoms with van der Waals surface area (Å²) in [5.74, 6) is -0.565. The van der Waals surface area contributed by atoms with E-state index in [2.05, 4.69) is 10.1 Å². The number of nitrogens with zero attached hydrogens (tertiary/aromatic N) is 3. The predicted molar refractivity (Wildman–Crippen MR) is 135 cm³/mol. The Bertz CT molecular complexity index is 1550. The molecule has 3 heterocycles. The van der Waals surface area contributed by atoms with Crippen molar-refractivity contribution in [3.05, 3.63) is 71.7 Å². The Balaban J connectivity index is 1.52. The zero-order chi connectivity index (χ0) is 26.2. The van der Waals surface area contributed by atoms with E-state index in [0.29, 0.717) is 28.9 Å². The van der Waals surface area contributed by atoms with E-state index >= 15 is 0 Å². The summed E-state index contributed by atoms with van der Waals surface area (Å²) in [5.41, 5.74) is 2.09. The zero-order valence-corrected chi connectivity index (χ0v) is 20.5. The molecule has 1 N–H and O–H groups in total. The molecule has 0 amide bonds. The van der Waals surface area contributed by atoms with Gasteiger partial charge in [0.15, 0.2) is 0 Å². The third-order valence-electron chi connectivity index (χ3n) is 6.27. The number of carbonyl (C=O) groups is 1. The molecule has 0 aliphatic carbocycles. The van der Waals surface area contributed by atoms with Crippen molar-refractivity contribution >= 4 is 28.2 Å². The zero-order valence-electron chi connectivity index (χ0n) is 19.7. The van der Waals surface area contributed by atoms with Crippen molar-refractivity contribution in [3.63, 3.8) is 0 Å². The Hall–Kier alpha value is -3.92. The van der Waals surface area contributed by atoms with E-state index in [1.807, 2.05) is 42.0 Å². The molecule has 10 heteroatoms. The lowest BCUT2D eigenvalue weighted by molar-refractivity contribution is -0.137. The SMILES string of the molecule is CCC(CCC(=O)O)n1ccc2c(-c3noc(-c4cc(-c5ccccc5)c(C(F)(F)F)s4)n3)cccc21. The predicted octanol–water partition coefficient (Wildman–Crippen LogP) is 7.92. The van der Waals surface area contributed by atoms with Gasteiger partial charge in [-0.1, -0.05) is 54.5 Å². The maximum absolute atomic E-state index is 13.8. The molecule has 37 heavy (non-hydrogen) atoms. The molecule has 0 bridgehead atoms. The van der Waals surface area contributed by atoms with Crippen LogP contribution in [-0.4, -0.2) is 25.8 Å². The van der Waals surface area contributed by atoms with Gasteiger partial charge in [0.1, 0.15) is 4.88 Å². The summed E-state index contributed by atoms with van der Waals surface area (Å²) >= 11 is 0.572. The number of alkyl halides is 3. The number of hydrogen-bond donors (Lipinski definition) is 1. The summed E-state index contributed by atoms with van der Waals surface area (Å²) < 4.78 is 48.9. The molecule has 5 aromatic rings. The van der Waals surface area contributed by atoms with E-state index in [4.69, 9.17) is 9.63 Å². The largest absolute Gasteiger partial charge is 0.481 e. The Morgan fingerprint density at radius 2 is 1.89 bits per heavy atom. The first-order valence-electron chi connectivity index (χ1n) is 11.7. The number of carboxylic acid groups (broad SMARTS) is 1. The van der Waals surface area contributed by atoms with Gasteiger partial charge in [0.05, 0.1) is 4.88 Å². The Labute approximate surface area is 214 Å². The van der Waals surface area contributed by atoms with Crippen LogP contribution in [0.15, 0.2) is 71.4 Å². The Morgan fingerprint density at radius 1 is 1.11 bits per heavy atom. The summed E-state index contributed by atoms with van der Waals surface area (Å²) in [7, 11) is 0. The quantitative estimate of drug-likeness (QED) is 0.223. The molecule has 6 nitrogen and oxygen atoms in total. The molecule has 0 aliphatic heterocycles. The minimum atomic E-state index is -4.53. The molecule has 3 aromatic heterocycles. The number of rotatable bonds is 8. The van der Waals surface area contributed by atoms with Crippen LogP contribution in [0, 0.1) is 0 Å². The van der Waals surface area contributed by atoms with Crippen LogP contribution in [-0.2, 0) is 11.0 Å². The highest BCUT2D eigenvalue weighted by molar-refractivity contribution is 7.16. The van der Waals surface area contributed by atoms with Crippen LogP contribution in [0.4, 0.5) is 13.2 Å². The number of thiophene rings is 1. The van der Waals surface area contributed by atoms with Gasteiger partial charge in [-0.15, -0.1) is 11.3 Å². The number of carboxylic acids is 1. The fourth-order valence-electron chi connectivity index (χ4n) is 4.50. The fraction of sp³-hybridized carbons (Fsp3) is 0.222. The molecule has 1 unspecified atom stereocenters. The first kappa shape index (κ1) is 24.8. The van der Waals surface area contributed by atoms with Gasteiger partial charge < -0.3 is 14.2 Å². The number of halogens is 3. The third kappa shape index (κ3) is 4.89. The number of benzene rings is 2. The van der Waals surface area contributed by atoms with Gasteiger partial charge >= 0.3 is 12.1 Å². The van der Waals surface area contributed by atoms with Crippen molar-refractivity contribution in [1.29, 1.82) is 0 Å². The van der Waals surface area contributed by atoms with Crippen molar-refractivity contribution in [2.45, 2.75) is 38.4 Å². The van der Waals surface area contributed by atoms with E-state index in [0.717, 1.165) is 17.3 Å². The third-order valence-corrected chi connectivity index (χ3v) is 7.44. The van der Waals surface area contributed by atoms with E-state index in [-0.39, 0.29) is 34.6 Å². The smallest absolute Gasteiger partial charge is 0.426 e. The maximum Gasteiger partial charge on any atom is 0.426 e. The number of aliphatic carboxylic acids is 1. The van der Waals surface area contributed by atoms with Crippen LogP contribution in [0.1, 0.15) is 37.1 Å². The van der Waals surface area contributed by atoms with E-state index in [1.165, 1.54) is 6.07 Å². The molecule has 0 aliphatic rings. The first-order chi connectivity index (χ1) is 17.8. The highest BCUT2D eigenvalue weighted by Crippen LogP contribution is 2.45. The summed E-state index contributed by atoms with van der Waals surface area (Å²) in [6.45, 7) is 2.01. The van der Waals surface area contributed by atoms with Crippen LogP contribution in [0.2, 0.25) is 0 Å². The average molecular weight is 526 g/mol. The van der Waals surface area contributed by atoms with E-state index in [1.54, 1.807) is 30.3 Å². The first-order valence-corrected chi connectivity index (χ1v) is 12.5. The molecular weight excluding hydrogens is 503 g/mol. The van der Waals surface area contributed by atoms with Crippen molar-refractivity contribution in [2.24, 2.45) is 0 Å². The molecule has 2 aromatic carbocycles. The van der Waals surface area contributed by atoms with Crippen molar-refractivity contribution < 1.29 is 27.6 Å². The normalized spacial score (nSPS) is 12.8. The molecular formula is C27H22F3N3O3S. The molecule has 0 radical (unpaired) electrons. The second-order valence-corrected chi connectivity index (χ2v) is 9.65. The van der Waals surface area contributed by atoms with Crippen molar-refractivity contribution in [2.75, 3.05) is 0 Å². The summed E-state index contributed by atoms with van der Waals surface area (Å²) in [6.07, 6.45) is -1.29. The van der Waals surface area contributed by atoms with Crippen LogP contribution in [0.25, 0.3) is 44.2 Å². The van der Waals surface area contributed by atoms with Gasteiger partial charge in [-0.25, -0.2) is 0 Å². The number of hydrogen-bond acceptors (Lipinski definition) is 5. The van der Waals surface area contributed by atoms with Gasteiger partial charge in [0, 0.05) is 40.7 Å². The maximum atomic E-state index is 13.8. The van der Waals surface area contributed by atoms with Gasteiger partial charge in [-0.05, 0) is 36.6 Å². The van der Waals surface area contributed by atoms with Crippen LogP contribution in [0.3, 0.4) is 0 Å². The summed E-state index contributed by atoms with van der Waals surface area (Å²) in [4.78, 5) is 15.0. The molecule has 0 saturated carbocycles. The van der Waals surface area contributed by atoms with Gasteiger partial charge in [0.25, 0.3) is 5.89 Å². The topological polar surface area (TPSA) is 81.1 Å². The van der Waals surface area contributed by atoms with E-state index < -0.39 is 17.0 Å². The van der Waals surface area contributed by atoms with Gasteiger partial charge in [0.2, 0.25) is 5.82 Å². The minimum Gasteiger partial charge on any atom is -0.481 e. The summed E-state index contributed by atoms with van der Waals surface area (Å²) in [5, 5.41) is 14.0. The minimum absolute atomic E-state index is 0.00740. The van der Waals surface area contributed by atoms with Crippen LogP contribution >= 0.6 is 11.3 Å². The molecule has 0 fully saturated rings. The fourth-order valence-corrected chi connectivity index (χ4v) is 5.47. The van der Waals surface area contributed by atoms with Gasteiger partial charge in [-0.3, -0.25) is 4.79 Å². The van der Waals surface area contributed by atoms with Gasteiger partial charge in [-0.2, -0.15) is 18.2 Å².